The molecule has 1 amide bonds. The minimum absolute atomic E-state index is 0.250. The Kier molecular flexibility index (Phi) is 2.92. The number of hydrogen-bond donors (Lipinski definition) is 1. The van der Waals surface area contributed by atoms with Crippen LogP contribution in [-0.2, 0) is 0 Å². The largest absolute Gasteiger partial charge is 0.465 e. The van der Waals surface area contributed by atoms with Crippen LogP contribution >= 0.6 is 0 Å². The molecule has 1 N–H and O–H groups in total. The molecule has 0 aliphatic carbocycles. The first-order chi connectivity index (χ1) is 5.74. The summed E-state index contributed by atoms with van der Waals surface area (Å²) in [4.78, 5) is 11.9. The number of amides is 1. The highest BCUT2D eigenvalue weighted by Crippen LogP contribution is 2.18. The normalized spacial score (nSPS) is 23.2. The Labute approximate surface area is 71.4 Å². The minimum Gasteiger partial charge on any atom is -0.465 e. The first-order valence-electron chi connectivity index (χ1n) is 4.09. The quantitative estimate of drug-likeness (QED) is 0.641. The highest BCUT2D eigenvalue weighted by molar-refractivity contribution is 5.65. The van der Waals surface area contributed by atoms with Crippen LogP contribution in [0.1, 0.15) is 19.3 Å². The Balaban J connectivity index is 2.41. The van der Waals surface area contributed by atoms with E-state index in [1.54, 1.807) is 0 Å². The third kappa shape index (κ3) is 2.12. The maximum Gasteiger partial charge on any atom is 0.407 e. The maximum atomic E-state index is 10.5. The van der Waals surface area contributed by atoms with Gasteiger partial charge in [-0.2, -0.15) is 5.26 Å². The second kappa shape index (κ2) is 3.96. The zero-order valence-corrected chi connectivity index (χ0v) is 6.86. The van der Waals surface area contributed by atoms with Crippen LogP contribution in [0.3, 0.4) is 0 Å². The average Bonchev–Trinajstić information content (AvgIpc) is 2.05. The van der Waals surface area contributed by atoms with Gasteiger partial charge in [0.1, 0.15) is 0 Å². The number of piperidine rings is 1. The molecule has 0 aromatic rings. The van der Waals surface area contributed by atoms with Gasteiger partial charge in [-0.1, -0.05) is 0 Å². The van der Waals surface area contributed by atoms with Crippen molar-refractivity contribution in [3.05, 3.63) is 0 Å². The number of hydrogen-bond acceptors (Lipinski definition) is 2. The Morgan fingerprint density at radius 2 is 2.50 bits per heavy atom. The van der Waals surface area contributed by atoms with E-state index in [2.05, 4.69) is 6.07 Å². The van der Waals surface area contributed by atoms with Crippen molar-refractivity contribution in [1.29, 1.82) is 5.26 Å². The number of nitriles is 1. The van der Waals surface area contributed by atoms with Crippen molar-refractivity contribution in [2.24, 2.45) is 5.92 Å². The summed E-state index contributed by atoms with van der Waals surface area (Å²) in [5.41, 5.74) is 0. The highest BCUT2D eigenvalue weighted by Gasteiger charge is 2.22. The van der Waals surface area contributed by atoms with Gasteiger partial charge in [0.2, 0.25) is 0 Å². The molecule has 1 aliphatic rings. The Morgan fingerprint density at radius 3 is 3.08 bits per heavy atom. The fourth-order valence-corrected chi connectivity index (χ4v) is 1.53. The molecule has 1 atom stereocenters. The van der Waals surface area contributed by atoms with Gasteiger partial charge in [-0.25, -0.2) is 4.79 Å². The van der Waals surface area contributed by atoms with Gasteiger partial charge in [0.25, 0.3) is 0 Å². The summed E-state index contributed by atoms with van der Waals surface area (Å²) in [6, 6.07) is 2.08. The van der Waals surface area contributed by atoms with Crippen LogP contribution in [0, 0.1) is 17.2 Å². The summed E-state index contributed by atoms with van der Waals surface area (Å²) in [7, 11) is 0. The number of carbonyl (C=O) groups is 1. The van der Waals surface area contributed by atoms with Gasteiger partial charge in [-0.05, 0) is 18.8 Å². The molecule has 0 bridgehead atoms. The number of carboxylic acid groups (broad SMARTS) is 1. The number of rotatable bonds is 1. The lowest BCUT2D eigenvalue weighted by Crippen LogP contribution is -2.38. The van der Waals surface area contributed by atoms with Crippen molar-refractivity contribution in [3.63, 3.8) is 0 Å². The second-order valence-electron chi connectivity index (χ2n) is 3.10. The van der Waals surface area contributed by atoms with Gasteiger partial charge in [0, 0.05) is 19.5 Å². The molecule has 1 unspecified atom stereocenters. The summed E-state index contributed by atoms with van der Waals surface area (Å²) >= 11 is 0. The third-order valence-corrected chi connectivity index (χ3v) is 2.17. The lowest BCUT2D eigenvalue weighted by atomic mass is 9.96. The molecule has 0 aromatic heterocycles. The van der Waals surface area contributed by atoms with Gasteiger partial charge >= 0.3 is 6.09 Å². The van der Waals surface area contributed by atoms with E-state index >= 15 is 0 Å². The molecular weight excluding hydrogens is 156 g/mol. The monoisotopic (exact) mass is 168 g/mol. The molecule has 0 spiro atoms. The van der Waals surface area contributed by atoms with Crippen molar-refractivity contribution in [2.45, 2.75) is 19.3 Å². The molecule has 1 fully saturated rings. The molecule has 1 rings (SSSR count). The Morgan fingerprint density at radius 1 is 1.75 bits per heavy atom. The van der Waals surface area contributed by atoms with E-state index in [1.807, 2.05) is 0 Å². The van der Waals surface area contributed by atoms with E-state index in [4.69, 9.17) is 10.4 Å². The van der Waals surface area contributed by atoms with E-state index in [-0.39, 0.29) is 5.92 Å². The van der Waals surface area contributed by atoms with E-state index in [0.717, 1.165) is 12.8 Å². The molecule has 12 heavy (non-hydrogen) atoms. The lowest BCUT2D eigenvalue weighted by Gasteiger charge is -2.29. The van der Waals surface area contributed by atoms with E-state index in [1.165, 1.54) is 4.90 Å². The fraction of sp³-hybridized carbons (Fsp3) is 0.750. The van der Waals surface area contributed by atoms with Crippen LogP contribution in [0.5, 0.6) is 0 Å². The highest BCUT2D eigenvalue weighted by atomic mass is 16.4. The van der Waals surface area contributed by atoms with E-state index < -0.39 is 6.09 Å². The zero-order valence-electron chi connectivity index (χ0n) is 6.86. The summed E-state index contributed by atoms with van der Waals surface area (Å²) in [5, 5.41) is 17.1. The van der Waals surface area contributed by atoms with Crippen LogP contribution in [0.15, 0.2) is 0 Å². The predicted molar refractivity (Wildman–Crippen MR) is 42.6 cm³/mol. The maximum absolute atomic E-state index is 10.5. The zero-order chi connectivity index (χ0) is 8.97. The number of nitrogens with zero attached hydrogens (tertiary/aromatic N) is 2. The van der Waals surface area contributed by atoms with Crippen molar-refractivity contribution >= 4 is 6.09 Å². The molecular formula is C8H12N2O2. The van der Waals surface area contributed by atoms with Crippen LogP contribution in [0.2, 0.25) is 0 Å². The third-order valence-electron chi connectivity index (χ3n) is 2.17. The van der Waals surface area contributed by atoms with Crippen molar-refractivity contribution in [1.82, 2.24) is 4.90 Å². The topological polar surface area (TPSA) is 64.3 Å². The molecule has 4 heteroatoms. The van der Waals surface area contributed by atoms with Gasteiger partial charge in [0.05, 0.1) is 6.07 Å². The molecule has 4 nitrogen and oxygen atoms in total. The standard InChI is InChI=1S/C8H12N2O2/c9-4-3-7-2-1-5-10(6-7)8(11)12/h7H,1-3,5-6H2,(H,11,12). The van der Waals surface area contributed by atoms with Gasteiger partial charge in [0.15, 0.2) is 0 Å². The second-order valence-corrected chi connectivity index (χ2v) is 3.10. The fourth-order valence-electron chi connectivity index (χ4n) is 1.53. The van der Waals surface area contributed by atoms with Crippen LogP contribution in [0.25, 0.3) is 0 Å². The molecule has 1 heterocycles. The van der Waals surface area contributed by atoms with Crippen LogP contribution in [-0.4, -0.2) is 29.2 Å². The molecule has 1 saturated heterocycles. The van der Waals surface area contributed by atoms with Gasteiger partial charge < -0.3 is 10.0 Å². The molecule has 1 aliphatic heterocycles. The summed E-state index contributed by atoms with van der Waals surface area (Å²) in [6.07, 6.45) is 1.48. The SMILES string of the molecule is N#CCC1CCCN(C(=O)O)C1. The first kappa shape index (κ1) is 8.85. The molecule has 0 aromatic carbocycles. The summed E-state index contributed by atoms with van der Waals surface area (Å²) < 4.78 is 0. The van der Waals surface area contributed by atoms with Crippen molar-refractivity contribution in [2.75, 3.05) is 13.1 Å². The van der Waals surface area contributed by atoms with Gasteiger partial charge in [-0.3, -0.25) is 0 Å². The summed E-state index contributed by atoms with van der Waals surface area (Å²) in [5.74, 6) is 0.250. The van der Waals surface area contributed by atoms with Crippen molar-refractivity contribution < 1.29 is 9.90 Å². The molecule has 0 radical (unpaired) electrons. The van der Waals surface area contributed by atoms with Crippen LogP contribution < -0.4 is 0 Å². The first-order valence-corrected chi connectivity index (χ1v) is 4.09. The van der Waals surface area contributed by atoms with Crippen LogP contribution in [0.4, 0.5) is 4.79 Å². The Bertz CT molecular complexity index is 210. The average molecular weight is 168 g/mol. The smallest absolute Gasteiger partial charge is 0.407 e. The Hall–Kier alpha value is -1.24. The minimum atomic E-state index is -0.863. The van der Waals surface area contributed by atoms with E-state index in [9.17, 15) is 4.79 Å². The van der Waals surface area contributed by atoms with E-state index in [0.29, 0.717) is 19.5 Å². The summed E-state index contributed by atoms with van der Waals surface area (Å²) in [6.45, 7) is 1.15. The molecule has 0 saturated carbocycles. The lowest BCUT2D eigenvalue weighted by molar-refractivity contribution is 0.121. The van der Waals surface area contributed by atoms with Crippen molar-refractivity contribution in [3.8, 4) is 6.07 Å². The predicted octanol–water partition coefficient (Wildman–Crippen LogP) is 1.29. The number of likely N-dealkylation sites (tertiary alicyclic amines) is 1. The van der Waals surface area contributed by atoms with Gasteiger partial charge in [-0.15, -0.1) is 0 Å². The molecule has 66 valence electrons.